The van der Waals surface area contributed by atoms with Crippen molar-refractivity contribution in [2.24, 2.45) is 0 Å². The molecule has 102 valence electrons. The number of carboxylic acids is 1. The molecule has 0 saturated carbocycles. The Balaban J connectivity index is 2.68. The van der Waals surface area contributed by atoms with Crippen LogP contribution in [0.5, 0.6) is 0 Å². The van der Waals surface area contributed by atoms with Crippen molar-refractivity contribution < 1.29 is 19.6 Å². The highest BCUT2D eigenvalue weighted by Crippen LogP contribution is 2.19. The fraction of sp³-hybridized carbons (Fsp3) is 0.273. The number of carboxylic acid groups (broad SMARTS) is 1. The minimum absolute atomic E-state index is 0.0354. The molecule has 0 aliphatic heterocycles. The first-order valence-electron chi connectivity index (χ1n) is 5.35. The number of aliphatic carboxylic acids is 1. The molecule has 1 rings (SSSR count). The van der Waals surface area contributed by atoms with E-state index >= 15 is 0 Å². The molecule has 0 fully saturated rings. The van der Waals surface area contributed by atoms with Crippen LogP contribution in [-0.4, -0.2) is 28.5 Å². The van der Waals surface area contributed by atoms with Gasteiger partial charge in [0.25, 0.3) is 11.6 Å². The smallest absolute Gasteiger partial charge is 0.303 e. The van der Waals surface area contributed by atoms with Gasteiger partial charge in [-0.1, -0.05) is 0 Å². The highest BCUT2D eigenvalue weighted by molar-refractivity contribution is 14.1. The van der Waals surface area contributed by atoms with Gasteiger partial charge >= 0.3 is 5.97 Å². The van der Waals surface area contributed by atoms with Gasteiger partial charge in [0.2, 0.25) is 0 Å². The lowest BCUT2D eigenvalue weighted by Crippen LogP contribution is -2.25. The third kappa shape index (κ3) is 4.81. The fourth-order valence-electron chi connectivity index (χ4n) is 1.34. The van der Waals surface area contributed by atoms with E-state index in [0.29, 0.717) is 9.99 Å². The van der Waals surface area contributed by atoms with Gasteiger partial charge in [-0.2, -0.15) is 0 Å². The molecule has 0 unspecified atom stereocenters. The topological polar surface area (TPSA) is 110 Å². The van der Waals surface area contributed by atoms with E-state index in [2.05, 4.69) is 5.32 Å². The van der Waals surface area contributed by atoms with Crippen LogP contribution in [0.2, 0.25) is 0 Å². The maximum absolute atomic E-state index is 11.8. The Bertz CT molecular complexity index is 518. The number of amides is 1. The Morgan fingerprint density at radius 1 is 1.42 bits per heavy atom. The third-order valence-electron chi connectivity index (χ3n) is 2.26. The van der Waals surface area contributed by atoms with Crippen LogP contribution in [0.25, 0.3) is 0 Å². The Labute approximate surface area is 122 Å². The van der Waals surface area contributed by atoms with Crippen molar-refractivity contribution in [1.29, 1.82) is 0 Å². The largest absolute Gasteiger partial charge is 0.481 e. The summed E-state index contributed by atoms with van der Waals surface area (Å²) < 4.78 is 0.596. The predicted octanol–water partition coefficient (Wildman–Crippen LogP) is 1.79. The Kier molecular flexibility index (Phi) is 5.67. The molecule has 0 aromatic heterocycles. The molecule has 1 aromatic rings. The summed E-state index contributed by atoms with van der Waals surface area (Å²) in [6.45, 7) is 0.212. The molecule has 0 spiro atoms. The number of carbonyl (C=O) groups excluding carboxylic acids is 1. The number of halogens is 1. The third-order valence-corrected chi connectivity index (χ3v) is 3.20. The van der Waals surface area contributed by atoms with Gasteiger partial charge in [-0.15, -0.1) is 0 Å². The van der Waals surface area contributed by atoms with Crippen molar-refractivity contribution in [2.75, 3.05) is 6.54 Å². The molecule has 0 atom stereocenters. The van der Waals surface area contributed by atoms with Gasteiger partial charge in [-0.3, -0.25) is 19.7 Å². The van der Waals surface area contributed by atoms with Crippen LogP contribution in [0, 0.1) is 13.7 Å². The number of hydrogen-bond acceptors (Lipinski definition) is 4. The Morgan fingerprint density at radius 3 is 2.68 bits per heavy atom. The normalized spacial score (nSPS) is 9.95. The SMILES string of the molecule is O=C(O)CCCNC(=O)c1cc([N+](=O)[O-])ccc1I. The molecule has 19 heavy (non-hydrogen) atoms. The van der Waals surface area contributed by atoms with E-state index in [1.807, 2.05) is 22.6 Å². The van der Waals surface area contributed by atoms with Crippen molar-refractivity contribution in [2.45, 2.75) is 12.8 Å². The standard InChI is InChI=1S/C11H11IN2O5/c12-9-4-3-7(14(18)19)6-8(9)11(17)13-5-1-2-10(15)16/h3-4,6H,1-2,5H2,(H,13,17)(H,15,16). The zero-order chi connectivity index (χ0) is 14.4. The lowest BCUT2D eigenvalue weighted by atomic mass is 10.2. The van der Waals surface area contributed by atoms with Crippen LogP contribution in [0.4, 0.5) is 5.69 Å². The molecule has 1 aromatic carbocycles. The van der Waals surface area contributed by atoms with Gasteiger partial charge < -0.3 is 10.4 Å². The highest BCUT2D eigenvalue weighted by Gasteiger charge is 2.15. The molecular formula is C11H11IN2O5. The molecule has 0 heterocycles. The predicted molar refractivity (Wildman–Crippen MR) is 75.0 cm³/mol. The fourth-order valence-corrected chi connectivity index (χ4v) is 1.92. The number of benzene rings is 1. The molecule has 0 aliphatic rings. The number of hydrogen-bond donors (Lipinski definition) is 2. The molecule has 8 heteroatoms. The molecule has 0 radical (unpaired) electrons. The molecule has 0 bridgehead atoms. The second-order valence-electron chi connectivity index (χ2n) is 3.67. The second kappa shape index (κ2) is 7.02. The zero-order valence-electron chi connectivity index (χ0n) is 9.76. The lowest BCUT2D eigenvalue weighted by Gasteiger charge is -2.06. The summed E-state index contributed by atoms with van der Waals surface area (Å²) in [5, 5.41) is 21.6. The summed E-state index contributed by atoms with van der Waals surface area (Å²) in [5.74, 6) is -1.38. The number of rotatable bonds is 6. The zero-order valence-corrected chi connectivity index (χ0v) is 11.9. The van der Waals surface area contributed by atoms with Crippen LogP contribution in [0.15, 0.2) is 18.2 Å². The van der Waals surface area contributed by atoms with Crippen LogP contribution in [0.3, 0.4) is 0 Å². The minimum atomic E-state index is -0.931. The highest BCUT2D eigenvalue weighted by atomic mass is 127. The van der Waals surface area contributed by atoms with E-state index in [4.69, 9.17) is 5.11 Å². The van der Waals surface area contributed by atoms with E-state index in [0.717, 1.165) is 0 Å². The molecule has 0 saturated heterocycles. The van der Waals surface area contributed by atoms with E-state index in [1.54, 1.807) is 0 Å². The first-order chi connectivity index (χ1) is 8.91. The van der Waals surface area contributed by atoms with E-state index in [-0.39, 0.29) is 24.2 Å². The van der Waals surface area contributed by atoms with Crippen LogP contribution >= 0.6 is 22.6 Å². The summed E-state index contributed by atoms with van der Waals surface area (Å²) in [7, 11) is 0. The number of nitro benzene ring substituents is 1. The summed E-state index contributed by atoms with van der Waals surface area (Å²) in [5.41, 5.74) is 0.0567. The van der Waals surface area contributed by atoms with Gasteiger partial charge in [0.15, 0.2) is 0 Å². The van der Waals surface area contributed by atoms with Crippen LogP contribution in [-0.2, 0) is 4.79 Å². The maximum Gasteiger partial charge on any atom is 0.303 e. The van der Waals surface area contributed by atoms with Gasteiger partial charge in [0, 0.05) is 28.7 Å². The number of nitrogens with one attached hydrogen (secondary N) is 1. The van der Waals surface area contributed by atoms with Crippen molar-refractivity contribution in [3.63, 3.8) is 0 Å². The average Bonchev–Trinajstić information content (AvgIpc) is 2.34. The molecule has 0 aliphatic carbocycles. The summed E-state index contributed by atoms with van der Waals surface area (Å²) in [4.78, 5) is 32.2. The van der Waals surface area contributed by atoms with Crippen molar-refractivity contribution >= 4 is 40.2 Å². The van der Waals surface area contributed by atoms with Gasteiger partial charge in [-0.05, 0) is 35.1 Å². The summed E-state index contributed by atoms with van der Waals surface area (Å²) in [6.07, 6.45) is 0.277. The first kappa shape index (κ1) is 15.3. The quantitative estimate of drug-likeness (QED) is 0.340. The average molecular weight is 378 g/mol. The first-order valence-corrected chi connectivity index (χ1v) is 6.43. The summed E-state index contributed by atoms with van der Waals surface area (Å²) in [6, 6.07) is 4.02. The monoisotopic (exact) mass is 378 g/mol. The molecule has 1 amide bonds. The number of nitrogens with zero attached hydrogens (tertiary/aromatic N) is 1. The Hall–Kier alpha value is -1.71. The minimum Gasteiger partial charge on any atom is -0.481 e. The van der Waals surface area contributed by atoms with Gasteiger partial charge in [0.05, 0.1) is 10.5 Å². The van der Waals surface area contributed by atoms with E-state index < -0.39 is 16.8 Å². The molecule has 7 nitrogen and oxygen atoms in total. The van der Waals surface area contributed by atoms with E-state index in [1.165, 1.54) is 18.2 Å². The van der Waals surface area contributed by atoms with Crippen LogP contribution in [0.1, 0.15) is 23.2 Å². The van der Waals surface area contributed by atoms with Crippen molar-refractivity contribution in [3.05, 3.63) is 37.4 Å². The van der Waals surface area contributed by atoms with Crippen molar-refractivity contribution in [1.82, 2.24) is 5.32 Å². The molecular weight excluding hydrogens is 367 g/mol. The van der Waals surface area contributed by atoms with Crippen molar-refractivity contribution in [3.8, 4) is 0 Å². The number of carbonyl (C=O) groups is 2. The lowest BCUT2D eigenvalue weighted by molar-refractivity contribution is -0.384. The second-order valence-corrected chi connectivity index (χ2v) is 4.84. The number of nitro groups is 1. The number of non-ortho nitro benzene ring substituents is 1. The maximum atomic E-state index is 11.8. The Morgan fingerprint density at radius 2 is 2.11 bits per heavy atom. The van der Waals surface area contributed by atoms with Gasteiger partial charge in [-0.25, -0.2) is 0 Å². The molecule has 2 N–H and O–H groups in total. The van der Waals surface area contributed by atoms with E-state index in [9.17, 15) is 19.7 Å². The summed E-state index contributed by atoms with van der Waals surface area (Å²) >= 11 is 1.91. The van der Waals surface area contributed by atoms with Crippen LogP contribution < -0.4 is 5.32 Å². The van der Waals surface area contributed by atoms with Gasteiger partial charge in [0.1, 0.15) is 0 Å².